The number of hydrogen-bond donors (Lipinski definition) is 0. The van der Waals surface area contributed by atoms with Crippen LogP contribution in [0.2, 0.25) is 0 Å². The molecule has 0 unspecified atom stereocenters. The van der Waals surface area contributed by atoms with Gasteiger partial charge in [-0.1, -0.05) is 18.6 Å². The molecule has 2 aromatic carbocycles. The van der Waals surface area contributed by atoms with Gasteiger partial charge < -0.3 is 14.4 Å². The summed E-state index contributed by atoms with van der Waals surface area (Å²) in [5, 5.41) is 0. The lowest BCUT2D eigenvalue weighted by Gasteiger charge is -2.38. The van der Waals surface area contributed by atoms with Crippen molar-refractivity contribution in [2.45, 2.75) is 61.9 Å². The first kappa shape index (κ1) is 24.1. The number of para-hydroxylation sites is 1. The number of likely N-dealkylation sites (tertiary alicyclic amines) is 1. The number of sulfonamides is 1. The third-order valence-electron chi connectivity index (χ3n) is 7.96. The fraction of sp³-hybridized carbons (Fsp3) is 0.519. The van der Waals surface area contributed by atoms with Crippen LogP contribution < -0.4 is 13.8 Å². The van der Waals surface area contributed by atoms with Crippen LogP contribution in [0.4, 0.5) is 5.69 Å². The van der Waals surface area contributed by atoms with Crippen LogP contribution in [0.1, 0.15) is 50.2 Å². The highest BCUT2D eigenvalue weighted by Gasteiger charge is 2.51. The fourth-order valence-electron chi connectivity index (χ4n) is 5.77. The van der Waals surface area contributed by atoms with Crippen molar-refractivity contribution in [3.8, 4) is 11.5 Å². The second-order valence-corrected chi connectivity index (χ2v) is 11.8. The molecular formula is C27H34N2O5S. The average Bonchev–Trinajstić information content (AvgIpc) is 3.13. The molecule has 7 nitrogen and oxygen atoms in total. The van der Waals surface area contributed by atoms with Crippen LogP contribution >= 0.6 is 0 Å². The number of anilines is 1. The Hall–Kier alpha value is -2.58. The van der Waals surface area contributed by atoms with Gasteiger partial charge in [0.05, 0.1) is 18.2 Å². The summed E-state index contributed by atoms with van der Waals surface area (Å²) < 4.78 is 40.9. The van der Waals surface area contributed by atoms with Gasteiger partial charge in [0, 0.05) is 37.7 Å². The molecule has 188 valence electrons. The van der Waals surface area contributed by atoms with Gasteiger partial charge in [-0.05, 0) is 63.4 Å². The van der Waals surface area contributed by atoms with Gasteiger partial charge in [0.15, 0.2) is 0 Å². The molecule has 2 aromatic rings. The monoisotopic (exact) mass is 498 g/mol. The predicted molar refractivity (Wildman–Crippen MR) is 135 cm³/mol. The molecule has 1 saturated heterocycles. The topological polar surface area (TPSA) is 76.2 Å². The number of ether oxygens (including phenoxy) is 2. The van der Waals surface area contributed by atoms with Crippen molar-refractivity contribution in [2.75, 3.05) is 38.1 Å². The molecule has 1 spiro atoms. The van der Waals surface area contributed by atoms with E-state index < -0.39 is 15.4 Å². The van der Waals surface area contributed by atoms with Gasteiger partial charge in [-0.25, -0.2) is 8.42 Å². The average molecular weight is 499 g/mol. The number of hydrogen-bond acceptors (Lipinski definition) is 6. The van der Waals surface area contributed by atoms with E-state index in [0.29, 0.717) is 23.6 Å². The first-order valence-electron chi connectivity index (χ1n) is 12.5. The molecule has 1 heterocycles. The zero-order valence-corrected chi connectivity index (χ0v) is 21.6. The van der Waals surface area contributed by atoms with Crippen molar-refractivity contribution in [3.05, 3.63) is 47.5 Å². The van der Waals surface area contributed by atoms with E-state index >= 15 is 0 Å². The third kappa shape index (κ3) is 4.00. The van der Waals surface area contributed by atoms with Crippen molar-refractivity contribution in [3.63, 3.8) is 0 Å². The lowest BCUT2D eigenvalue weighted by Crippen LogP contribution is -2.39. The van der Waals surface area contributed by atoms with Crippen molar-refractivity contribution < 1.29 is 22.7 Å². The maximum atomic E-state index is 13.8. The summed E-state index contributed by atoms with van der Waals surface area (Å²) in [6, 6.07) is 10.4. The Labute approximate surface area is 208 Å². The predicted octanol–water partition coefficient (Wildman–Crippen LogP) is 3.93. The first-order chi connectivity index (χ1) is 16.8. The van der Waals surface area contributed by atoms with Crippen molar-refractivity contribution >= 4 is 21.5 Å². The highest BCUT2D eigenvalue weighted by atomic mass is 32.2. The second kappa shape index (κ2) is 9.13. The van der Waals surface area contributed by atoms with E-state index in [1.54, 1.807) is 24.3 Å². The van der Waals surface area contributed by atoms with Gasteiger partial charge in [-0.3, -0.25) is 9.10 Å². The van der Waals surface area contributed by atoms with Gasteiger partial charge in [0.1, 0.15) is 28.3 Å². The van der Waals surface area contributed by atoms with Gasteiger partial charge in [-0.2, -0.15) is 0 Å². The molecular weight excluding hydrogens is 464 g/mol. The van der Waals surface area contributed by atoms with E-state index in [0.717, 1.165) is 56.3 Å². The maximum Gasteiger partial charge on any atom is 0.268 e. The van der Waals surface area contributed by atoms with E-state index in [1.807, 2.05) is 19.1 Å². The van der Waals surface area contributed by atoms with Crippen molar-refractivity contribution in [1.29, 1.82) is 0 Å². The Kier molecular flexibility index (Phi) is 6.30. The largest absolute Gasteiger partial charge is 0.495 e. The number of fused-ring (bicyclic) bond motifs is 2. The molecule has 0 radical (unpaired) electrons. The summed E-state index contributed by atoms with van der Waals surface area (Å²) in [6.45, 7) is 3.98. The van der Waals surface area contributed by atoms with E-state index in [1.165, 1.54) is 11.4 Å². The zero-order chi connectivity index (χ0) is 24.8. The number of rotatable bonds is 7. The summed E-state index contributed by atoms with van der Waals surface area (Å²) >= 11 is 0. The highest BCUT2D eigenvalue weighted by Crippen LogP contribution is 2.54. The summed E-state index contributed by atoms with van der Waals surface area (Å²) in [7, 11) is -0.321. The van der Waals surface area contributed by atoms with Gasteiger partial charge in [0.2, 0.25) is 0 Å². The maximum absolute atomic E-state index is 13.8. The standard InChI is InChI=1S/C27H34N2O5S/c1-4-29(35(31,32)25-9-6-5-8-23(25)33-3)19-16-22-21(18-26(30)27(22)12-7-13-27)24(17-19)34-20-10-14-28(2)15-11-20/h5-6,8-9,16-17,20H,4,7,10-15,18H2,1-3H3. The van der Waals surface area contributed by atoms with Crippen LogP contribution in [0.25, 0.3) is 0 Å². The summed E-state index contributed by atoms with van der Waals surface area (Å²) in [5.41, 5.74) is 1.97. The number of ketones is 1. The molecule has 0 aromatic heterocycles. The van der Waals surface area contributed by atoms with Gasteiger partial charge in [-0.15, -0.1) is 0 Å². The van der Waals surface area contributed by atoms with Crippen LogP contribution in [0.5, 0.6) is 11.5 Å². The number of benzene rings is 2. The molecule has 0 amide bonds. The van der Waals surface area contributed by atoms with Crippen molar-refractivity contribution in [1.82, 2.24) is 4.90 Å². The quantitative estimate of drug-likeness (QED) is 0.576. The molecule has 3 aliphatic rings. The Bertz CT molecular complexity index is 1230. The minimum Gasteiger partial charge on any atom is -0.495 e. The van der Waals surface area contributed by atoms with E-state index in [4.69, 9.17) is 9.47 Å². The lowest BCUT2D eigenvalue weighted by atomic mass is 9.64. The zero-order valence-electron chi connectivity index (χ0n) is 20.7. The molecule has 35 heavy (non-hydrogen) atoms. The number of Topliss-reactive ketones (excluding diaryl/α,β-unsaturated/α-hetero) is 1. The first-order valence-corrected chi connectivity index (χ1v) is 14.0. The molecule has 2 fully saturated rings. The number of carbonyl (C=O) groups excluding carboxylic acids is 1. The molecule has 2 aliphatic carbocycles. The highest BCUT2D eigenvalue weighted by molar-refractivity contribution is 7.93. The SMILES string of the molecule is CCN(c1cc(OC2CCN(C)CC2)c2c(c1)C1(CCC1)C(=O)C2)S(=O)(=O)c1ccccc1OC. The van der Waals surface area contributed by atoms with Gasteiger partial charge >= 0.3 is 0 Å². The van der Waals surface area contributed by atoms with Crippen LogP contribution in [-0.2, 0) is 26.7 Å². The Morgan fingerprint density at radius 3 is 2.46 bits per heavy atom. The van der Waals surface area contributed by atoms with E-state index in [-0.39, 0.29) is 23.3 Å². The lowest BCUT2D eigenvalue weighted by molar-refractivity contribution is -0.125. The second-order valence-electron chi connectivity index (χ2n) is 9.95. The molecule has 0 atom stereocenters. The summed E-state index contributed by atoms with van der Waals surface area (Å²) in [5.74, 6) is 1.21. The number of nitrogens with zero attached hydrogens (tertiary/aromatic N) is 2. The number of piperidine rings is 1. The molecule has 5 rings (SSSR count). The number of carbonyl (C=O) groups is 1. The fourth-order valence-corrected chi connectivity index (χ4v) is 7.39. The van der Waals surface area contributed by atoms with Gasteiger partial charge in [0.25, 0.3) is 10.0 Å². The Morgan fingerprint density at radius 2 is 1.83 bits per heavy atom. The van der Waals surface area contributed by atoms with Crippen molar-refractivity contribution in [2.24, 2.45) is 0 Å². The molecule has 8 heteroatoms. The van der Waals surface area contributed by atoms with E-state index in [2.05, 4.69) is 11.9 Å². The van der Waals surface area contributed by atoms with Crippen LogP contribution in [0.3, 0.4) is 0 Å². The van der Waals surface area contributed by atoms with Crippen LogP contribution in [0, 0.1) is 0 Å². The number of methoxy groups -OCH3 is 1. The smallest absolute Gasteiger partial charge is 0.268 e. The summed E-state index contributed by atoms with van der Waals surface area (Å²) in [4.78, 5) is 15.6. The Morgan fingerprint density at radius 1 is 1.11 bits per heavy atom. The third-order valence-corrected chi connectivity index (χ3v) is 9.90. The summed E-state index contributed by atoms with van der Waals surface area (Å²) in [6.07, 6.45) is 4.89. The molecule has 1 saturated carbocycles. The molecule has 0 bridgehead atoms. The minimum absolute atomic E-state index is 0.0551. The Balaban J connectivity index is 1.60. The molecule has 1 aliphatic heterocycles. The van der Waals surface area contributed by atoms with Crippen LogP contribution in [0.15, 0.2) is 41.3 Å². The van der Waals surface area contributed by atoms with Crippen LogP contribution in [-0.4, -0.2) is 59.0 Å². The minimum atomic E-state index is -3.90. The normalized spacial score (nSPS) is 19.9. The molecule has 0 N–H and O–H groups in total. The van der Waals surface area contributed by atoms with E-state index in [9.17, 15) is 13.2 Å².